The van der Waals surface area contributed by atoms with Gasteiger partial charge < -0.3 is 0 Å². The first kappa shape index (κ1) is 27.9. The van der Waals surface area contributed by atoms with Crippen molar-refractivity contribution < 1.29 is 0 Å². The first-order valence-electron chi connectivity index (χ1n) is 13.2. The second kappa shape index (κ2) is 8.91. The van der Waals surface area contributed by atoms with Crippen LogP contribution in [-0.4, -0.2) is 91.8 Å². The first-order chi connectivity index (χ1) is 16.6. The fourth-order valence-corrected chi connectivity index (χ4v) is 47.5. The number of hydrogen-bond donors (Lipinski definition) is 0. The van der Waals surface area contributed by atoms with Crippen LogP contribution in [0.4, 0.5) is 0 Å². The molecule has 192 valence electrons. The monoisotopic (exact) mass is 916 g/mol. The van der Waals surface area contributed by atoms with Gasteiger partial charge in [-0.15, -0.1) is 0 Å². The molecule has 8 bridgehead atoms. The summed E-state index contributed by atoms with van der Waals surface area (Å²) < 4.78 is 23.7. The van der Waals surface area contributed by atoms with Gasteiger partial charge in [-0.25, -0.2) is 0 Å². The van der Waals surface area contributed by atoms with Crippen molar-refractivity contribution >= 4 is 103 Å². The van der Waals surface area contributed by atoms with E-state index in [2.05, 4.69) is 135 Å². The van der Waals surface area contributed by atoms with E-state index in [1.54, 1.807) is 29.7 Å². The minimum absolute atomic E-state index is 1.63. The van der Waals surface area contributed by atoms with Gasteiger partial charge in [0.05, 0.1) is 0 Å². The van der Waals surface area contributed by atoms with Crippen LogP contribution in [0, 0.1) is 0 Å². The molecule has 5 heterocycles. The van der Waals surface area contributed by atoms with Crippen LogP contribution in [0.1, 0.15) is 0 Å². The third kappa shape index (κ3) is 3.78. The van der Waals surface area contributed by atoms with Crippen molar-refractivity contribution in [1.82, 2.24) is 18.3 Å². The van der Waals surface area contributed by atoms with Crippen molar-refractivity contribution in [2.75, 3.05) is 0 Å². The summed E-state index contributed by atoms with van der Waals surface area (Å²) in [5.74, 6) is 0. The maximum absolute atomic E-state index is 2.82. The van der Waals surface area contributed by atoms with E-state index >= 15 is 0 Å². The standard InChI is InChI=1S/4C5H5N.8CH3.4Sn/c4*1-6-4-2-3-5-6;;;;;;;;;;;;/h4*2-3H,1H3;8*1H3;;;;. The molecule has 0 amide bonds. The molecule has 0 radical (unpaired) electrons. The van der Waals surface area contributed by atoms with Crippen molar-refractivity contribution in [3.63, 3.8) is 0 Å². The van der Waals surface area contributed by atoms with Crippen LogP contribution >= 0.6 is 0 Å². The zero-order valence-electron chi connectivity index (χ0n) is 24.4. The zero-order valence-corrected chi connectivity index (χ0v) is 35.8. The van der Waals surface area contributed by atoms with E-state index in [1.807, 2.05) is 0 Å². The van der Waals surface area contributed by atoms with E-state index in [1.165, 1.54) is 0 Å². The van der Waals surface area contributed by atoms with Gasteiger partial charge in [-0.2, -0.15) is 0 Å². The zero-order chi connectivity index (χ0) is 26.6. The second-order valence-electron chi connectivity index (χ2n) is 13.2. The Hall–Kier alpha value is 0.315. The van der Waals surface area contributed by atoms with Crippen molar-refractivity contribution in [3.8, 4) is 0 Å². The summed E-state index contributed by atoms with van der Waals surface area (Å²) in [6.45, 7) is 0. The van der Waals surface area contributed by atoms with E-state index in [0.717, 1.165) is 0 Å². The van der Waals surface area contributed by atoms with Gasteiger partial charge in [0.15, 0.2) is 0 Å². The summed E-state index contributed by atoms with van der Waals surface area (Å²) in [5, 5.41) is 0. The number of hydrogen-bond acceptors (Lipinski definition) is 0. The Morgan fingerprint density at radius 3 is 0.528 bits per heavy atom. The van der Waals surface area contributed by atoms with E-state index < -0.39 is 73.5 Å². The van der Waals surface area contributed by atoms with Crippen LogP contribution in [0.2, 0.25) is 39.5 Å². The van der Waals surface area contributed by atoms with Gasteiger partial charge in [0.1, 0.15) is 0 Å². The normalized spacial score (nSPS) is 19.4. The van der Waals surface area contributed by atoms with Crippen molar-refractivity contribution in [3.05, 3.63) is 48.5 Å². The molecular weight excluding hydrogens is 867 g/mol. The molecule has 5 rings (SSSR count). The van der Waals surface area contributed by atoms with Gasteiger partial charge in [-0.1, -0.05) is 0 Å². The molecule has 0 fully saturated rings. The number of fused-ring (bicyclic) bond motifs is 8. The number of rotatable bonds is 0. The fourth-order valence-electron chi connectivity index (χ4n) is 7.59. The number of nitrogens with zero attached hydrogens (tertiary/aromatic N) is 4. The summed E-state index contributed by atoms with van der Waals surface area (Å²) in [4.78, 5) is 21.0. The molecule has 0 aliphatic carbocycles. The van der Waals surface area contributed by atoms with E-state index in [4.69, 9.17) is 0 Å². The molecule has 0 spiro atoms. The molecule has 4 aromatic heterocycles. The van der Waals surface area contributed by atoms with Crippen LogP contribution in [0.15, 0.2) is 48.5 Å². The van der Waals surface area contributed by atoms with E-state index in [0.29, 0.717) is 0 Å². The molecule has 0 unspecified atom stereocenters. The van der Waals surface area contributed by atoms with Crippen LogP contribution in [0.25, 0.3) is 0 Å². The third-order valence-corrected chi connectivity index (χ3v) is 50.3. The molecule has 36 heavy (non-hydrogen) atoms. The molecule has 1 aliphatic heterocycles. The summed E-state index contributed by atoms with van der Waals surface area (Å²) >= 11 is -11.3. The predicted molar refractivity (Wildman–Crippen MR) is 169 cm³/mol. The second-order valence-corrected chi connectivity index (χ2v) is 62.0. The first-order valence-corrected chi connectivity index (χ1v) is 47.5. The van der Waals surface area contributed by atoms with Crippen molar-refractivity contribution in [2.24, 2.45) is 28.2 Å². The maximum atomic E-state index is 2.66. The Kier molecular flexibility index (Phi) is 6.90. The topological polar surface area (TPSA) is 19.7 Å². The summed E-state index contributed by atoms with van der Waals surface area (Å²) in [6.07, 6.45) is 0. The fraction of sp³-hybridized carbons (Fsp3) is 0.429. The van der Waals surface area contributed by atoms with Crippen LogP contribution < -0.4 is 29.7 Å². The third-order valence-electron chi connectivity index (χ3n) is 9.61. The average Bonchev–Trinajstić information content (AvgIpc) is 3.52. The Morgan fingerprint density at radius 1 is 0.306 bits per heavy atom. The summed E-state index contributed by atoms with van der Waals surface area (Å²) in [7, 11) is 9.48. The van der Waals surface area contributed by atoms with Gasteiger partial charge in [-0.3, -0.25) is 0 Å². The Bertz CT molecular complexity index is 1170. The van der Waals surface area contributed by atoms with Gasteiger partial charge >= 0.3 is 238 Å². The summed E-state index contributed by atoms with van der Waals surface area (Å²) in [6, 6.07) is 20.1. The molecule has 4 aromatic rings. The molecule has 0 aromatic carbocycles. The Labute approximate surface area is 234 Å². The SMILES string of the molecule is Cn1[c]2cc[c]1[Sn]([CH3])([CH3])[c]1cc[c](n1C)[Sn]([CH3])([CH3])[c]1cc[c](n1C)[Sn]([CH3])([CH3])[c]1cc[c](n1C)[Sn]2([CH3])[CH3]. The Morgan fingerprint density at radius 2 is 0.417 bits per heavy atom. The quantitative estimate of drug-likeness (QED) is 0.232. The van der Waals surface area contributed by atoms with Crippen molar-refractivity contribution in [2.45, 2.75) is 39.5 Å². The van der Waals surface area contributed by atoms with Gasteiger partial charge in [0.25, 0.3) is 0 Å². The van der Waals surface area contributed by atoms with Gasteiger partial charge in [0, 0.05) is 0 Å². The molecule has 0 atom stereocenters. The minimum atomic E-state index is -2.82. The van der Waals surface area contributed by atoms with Gasteiger partial charge in [0.2, 0.25) is 0 Å². The average molecular weight is 912 g/mol. The molecule has 0 saturated carbocycles. The Balaban J connectivity index is 1.88. The molecular formula is C28H44N4Sn4. The molecule has 0 saturated heterocycles. The van der Waals surface area contributed by atoms with Crippen molar-refractivity contribution in [1.29, 1.82) is 0 Å². The molecule has 8 heteroatoms. The van der Waals surface area contributed by atoms with Gasteiger partial charge in [-0.05, 0) is 0 Å². The number of aromatic nitrogens is 4. The molecule has 4 nitrogen and oxygen atoms in total. The van der Waals surface area contributed by atoms with Crippen LogP contribution in [0.5, 0.6) is 0 Å². The van der Waals surface area contributed by atoms with E-state index in [9.17, 15) is 0 Å². The predicted octanol–water partition coefficient (Wildman–Crippen LogP) is 0.644. The van der Waals surface area contributed by atoms with Crippen LogP contribution in [0.3, 0.4) is 0 Å². The summed E-state index contributed by atoms with van der Waals surface area (Å²) in [5.41, 5.74) is 0. The van der Waals surface area contributed by atoms with Crippen LogP contribution in [-0.2, 0) is 28.2 Å². The molecule has 1 aliphatic rings. The van der Waals surface area contributed by atoms with E-state index in [-0.39, 0.29) is 0 Å². The molecule has 0 N–H and O–H groups in total.